The van der Waals surface area contributed by atoms with Crippen molar-refractivity contribution in [3.05, 3.63) is 23.5 Å². The number of amides is 1. The molecular weight excluding hydrogens is 302 g/mol. The van der Waals surface area contributed by atoms with Crippen molar-refractivity contribution < 1.29 is 4.79 Å². The molecule has 0 saturated carbocycles. The molecule has 2 aromatic rings. The zero-order valence-corrected chi connectivity index (χ0v) is 15.0. The normalized spacial score (nSPS) is 16.9. The lowest BCUT2D eigenvalue weighted by Gasteiger charge is -2.23. The number of hydrogen-bond acceptors (Lipinski definition) is 4. The first-order valence-electron chi connectivity index (χ1n) is 8.84. The minimum Gasteiger partial charge on any atom is -0.350 e. The maximum Gasteiger partial charge on any atom is 0.253 e. The van der Waals surface area contributed by atoms with Crippen LogP contribution in [-0.2, 0) is 0 Å². The molecule has 3 rings (SSSR count). The largest absolute Gasteiger partial charge is 0.350 e. The van der Waals surface area contributed by atoms with Gasteiger partial charge in [-0.15, -0.1) is 0 Å². The lowest BCUT2D eigenvalue weighted by Crippen LogP contribution is -2.40. The number of aryl methyl sites for hydroxylation is 1. The van der Waals surface area contributed by atoms with Crippen LogP contribution in [0.25, 0.3) is 11.0 Å². The highest BCUT2D eigenvalue weighted by atomic mass is 16.1. The fourth-order valence-corrected chi connectivity index (χ4v) is 3.32. The fraction of sp³-hybridized carbons (Fsp3) is 0.611. The van der Waals surface area contributed by atoms with E-state index in [0.29, 0.717) is 18.2 Å². The van der Waals surface area contributed by atoms with E-state index in [2.05, 4.69) is 41.1 Å². The Labute approximate surface area is 143 Å². The summed E-state index contributed by atoms with van der Waals surface area (Å²) in [7, 11) is 0. The molecule has 0 unspecified atom stereocenters. The molecule has 24 heavy (non-hydrogen) atoms. The summed E-state index contributed by atoms with van der Waals surface area (Å²) in [4.78, 5) is 19.6. The summed E-state index contributed by atoms with van der Waals surface area (Å²) in [6.45, 7) is 11.1. The Morgan fingerprint density at radius 3 is 2.67 bits per heavy atom. The molecule has 3 heterocycles. The van der Waals surface area contributed by atoms with Crippen LogP contribution in [0.5, 0.6) is 0 Å². The molecule has 2 aromatic heterocycles. The third kappa shape index (κ3) is 3.29. The second-order valence-corrected chi connectivity index (χ2v) is 7.02. The monoisotopic (exact) mass is 329 g/mol. The van der Waals surface area contributed by atoms with E-state index in [1.165, 1.54) is 12.8 Å². The zero-order chi connectivity index (χ0) is 17.3. The van der Waals surface area contributed by atoms with Crippen molar-refractivity contribution in [2.24, 2.45) is 0 Å². The number of aromatic nitrogens is 3. The smallest absolute Gasteiger partial charge is 0.253 e. The molecule has 1 N–H and O–H groups in total. The number of hydrogen-bond donors (Lipinski definition) is 1. The van der Waals surface area contributed by atoms with E-state index in [9.17, 15) is 4.79 Å². The van der Waals surface area contributed by atoms with E-state index >= 15 is 0 Å². The molecular formula is C18H27N5O. The summed E-state index contributed by atoms with van der Waals surface area (Å²) in [6, 6.07) is 2.52. The molecule has 0 bridgehead atoms. The van der Waals surface area contributed by atoms with Gasteiger partial charge in [0.05, 0.1) is 17.5 Å². The summed E-state index contributed by atoms with van der Waals surface area (Å²) in [5.74, 6) is -0.0507. The number of fused-ring (bicyclic) bond motifs is 1. The second-order valence-electron chi connectivity index (χ2n) is 7.02. The van der Waals surface area contributed by atoms with Gasteiger partial charge in [0, 0.05) is 24.0 Å². The van der Waals surface area contributed by atoms with Crippen LogP contribution in [0, 0.1) is 6.92 Å². The van der Waals surface area contributed by atoms with Crippen LogP contribution >= 0.6 is 0 Å². The predicted molar refractivity (Wildman–Crippen MR) is 95.3 cm³/mol. The first-order chi connectivity index (χ1) is 11.5. The van der Waals surface area contributed by atoms with Gasteiger partial charge in [-0.3, -0.25) is 9.69 Å². The van der Waals surface area contributed by atoms with Gasteiger partial charge in [-0.1, -0.05) is 0 Å². The van der Waals surface area contributed by atoms with Crippen molar-refractivity contribution in [2.45, 2.75) is 52.6 Å². The van der Waals surface area contributed by atoms with Crippen LogP contribution in [0.3, 0.4) is 0 Å². The maximum atomic E-state index is 12.6. The average molecular weight is 329 g/mol. The topological polar surface area (TPSA) is 63.1 Å². The molecule has 1 atom stereocenters. The molecule has 1 aliphatic rings. The van der Waals surface area contributed by atoms with E-state index < -0.39 is 0 Å². The number of carbonyl (C=O) groups excluding carboxylic acids is 1. The number of carbonyl (C=O) groups is 1. The van der Waals surface area contributed by atoms with Gasteiger partial charge < -0.3 is 5.32 Å². The summed E-state index contributed by atoms with van der Waals surface area (Å²) < 4.78 is 1.89. The van der Waals surface area contributed by atoms with Gasteiger partial charge in [-0.25, -0.2) is 9.67 Å². The SMILES string of the molecule is Cc1nc2c(cnn2C(C)C)cc1C(=O)NC[C@@H](C)N1CCCC1. The lowest BCUT2D eigenvalue weighted by molar-refractivity contribution is 0.0939. The van der Waals surface area contributed by atoms with Crippen LogP contribution in [0.4, 0.5) is 0 Å². The Kier molecular flexibility index (Phi) is 4.85. The highest BCUT2D eigenvalue weighted by molar-refractivity contribution is 5.98. The summed E-state index contributed by atoms with van der Waals surface area (Å²) in [6.07, 6.45) is 4.31. The van der Waals surface area contributed by atoms with Crippen LogP contribution in [0.2, 0.25) is 0 Å². The van der Waals surface area contributed by atoms with Gasteiger partial charge in [0.25, 0.3) is 5.91 Å². The molecule has 0 aromatic carbocycles. The lowest BCUT2D eigenvalue weighted by atomic mass is 10.1. The van der Waals surface area contributed by atoms with Crippen LogP contribution in [0.15, 0.2) is 12.3 Å². The van der Waals surface area contributed by atoms with Crippen molar-refractivity contribution >= 4 is 16.9 Å². The van der Waals surface area contributed by atoms with E-state index in [1.807, 2.05) is 17.7 Å². The van der Waals surface area contributed by atoms with Crippen LogP contribution in [-0.4, -0.2) is 51.2 Å². The van der Waals surface area contributed by atoms with E-state index in [1.54, 1.807) is 6.20 Å². The molecule has 6 heteroatoms. The molecule has 0 aliphatic carbocycles. The van der Waals surface area contributed by atoms with Crippen molar-refractivity contribution in [1.82, 2.24) is 25.0 Å². The highest BCUT2D eigenvalue weighted by Gasteiger charge is 2.20. The van der Waals surface area contributed by atoms with E-state index in [4.69, 9.17) is 0 Å². The Morgan fingerprint density at radius 2 is 2.00 bits per heavy atom. The molecule has 130 valence electrons. The third-order valence-electron chi connectivity index (χ3n) is 4.82. The molecule has 1 amide bonds. The first kappa shape index (κ1) is 16.9. The van der Waals surface area contributed by atoms with Crippen LogP contribution in [0.1, 0.15) is 55.7 Å². The molecule has 1 saturated heterocycles. The zero-order valence-electron chi connectivity index (χ0n) is 15.0. The molecule has 0 spiro atoms. The van der Waals surface area contributed by atoms with Crippen molar-refractivity contribution in [1.29, 1.82) is 0 Å². The first-order valence-corrected chi connectivity index (χ1v) is 8.84. The van der Waals surface area contributed by atoms with Crippen LogP contribution < -0.4 is 5.32 Å². The quantitative estimate of drug-likeness (QED) is 0.915. The fourth-order valence-electron chi connectivity index (χ4n) is 3.32. The number of nitrogens with zero attached hydrogens (tertiary/aromatic N) is 4. The molecule has 1 fully saturated rings. The van der Waals surface area contributed by atoms with Crippen molar-refractivity contribution in [3.8, 4) is 0 Å². The van der Waals surface area contributed by atoms with Gasteiger partial charge in [0.15, 0.2) is 5.65 Å². The third-order valence-corrected chi connectivity index (χ3v) is 4.82. The number of likely N-dealkylation sites (tertiary alicyclic amines) is 1. The summed E-state index contributed by atoms with van der Waals surface area (Å²) in [5, 5.41) is 8.35. The maximum absolute atomic E-state index is 12.6. The van der Waals surface area contributed by atoms with Gasteiger partial charge >= 0.3 is 0 Å². The van der Waals surface area contributed by atoms with Crippen molar-refractivity contribution in [3.63, 3.8) is 0 Å². The summed E-state index contributed by atoms with van der Waals surface area (Å²) >= 11 is 0. The van der Waals surface area contributed by atoms with Gasteiger partial charge in [0.2, 0.25) is 0 Å². The standard InChI is InChI=1S/C18H27N5O/c1-12(2)23-17-15(11-20-23)9-16(14(4)21-17)18(24)19-10-13(3)22-7-5-6-8-22/h9,11-13H,5-8,10H2,1-4H3,(H,19,24)/t13-/m1/s1. The van der Waals surface area contributed by atoms with E-state index in [0.717, 1.165) is 29.8 Å². The Bertz CT molecular complexity index is 730. The highest BCUT2D eigenvalue weighted by Crippen LogP contribution is 2.19. The molecule has 6 nitrogen and oxygen atoms in total. The number of rotatable bonds is 5. The summed E-state index contributed by atoms with van der Waals surface area (Å²) in [5.41, 5.74) is 2.22. The number of pyridine rings is 1. The minimum absolute atomic E-state index is 0.0507. The van der Waals surface area contributed by atoms with Crippen molar-refractivity contribution in [2.75, 3.05) is 19.6 Å². The second kappa shape index (κ2) is 6.89. The van der Waals surface area contributed by atoms with E-state index in [-0.39, 0.29) is 11.9 Å². The Balaban J connectivity index is 1.73. The Hall–Kier alpha value is -1.95. The predicted octanol–water partition coefficient (Wildman–Crippen LogP) is 2.53. The van der Waals surface area contributed by atoms with Gasteiger partial charge in [-0.05, 0) is 59.7 Å². The molecule has 0 radical (unpaired) electrons. The van der Waals surface area contributed by atoms with Gasteiger partial charge in [-0.2, -0.15) is 5.10 Å². The molecule has 1 aliphatic heterocycles. The van der Waals surface area contributed by atoms with Gasteiger partial charge in [0.1, 0.15) is 0 Å². The minimum atomic E-state index is -0.0507. The average Bonchev–Trinajstić information content (AvgIpc) is 3.20. The Morgan fingerprint density at radius 1 is 1.29 bits per heavy atom. The number of nitrogens with one attached hydrogen (secondary N) is 1.